The molecule has 2 aromatic rings. The van der Waals surface area contributed by atoms with Crippen LogP contribution in [0.15, 0.2) is 41.3 Å². The van der Waals surface area contributed by atoms with Crippen LogP contribution in [0.1, 0.15) is 16.2 Å². The molecule has 8 heteroatoms. The van der Waals surface area contributed by atoms with Gasteiger partial charge in [0, 0.05) is 21.3 Å². The maximum Gasteiger partial charge on any atom is 0.310 e. The monoisotopic (exact) mass is 387 g/mol. The normalized spacial score (nSPS) is 11.4. The fourth-order valence-electron chi connectivity index (χ4n) is 2.03. The number of carbonyl (C=O) groups excluding carboxylic acids is 1. The predicted molar refractivity (Wildman–Crippen MR) is 95.0 cm³/mol. The molecule has 0 bridgehead atoms. The van der Waals surface area contributed by atoms with Crippen LogP contribution in [0.5, 0.6) is 0 Å². The van der Waals surface area contributed by atoms with E-state index in [9.17, 15) is 13.2 Å². The van der Waals surface area contributed by atoms with E-state index in [0.29, 0.717) is 18.0 Å². The standard InChI is InChI=1S/C16H18ClNO4S2/c1-22-16(19)11-14-7-6-13(23-14)3-2-10-18-24(20,21)15-8-4-12(17)5-9-15/h4-9,18H,2-3,10-11H2,1H3. The van der Waals surface area contributed by atoms with E-state index in [2.05, 4.69) is 9.46 Å². The second-order valence-electron chi connectivity index (χ2n) is 5.08. The lowest BCUT2D eigenvalue weighted by molar-refractivity contribution is -0.139. The molecule has 0 radical (unpaired) electrons. The maximum absolute atomic E-state index is 12.1. The van der Waals surface area contributed by atoms with Crippen molar-refractivity contribution >= 4 is 38.9 Å². The molecule has 5 nitrogen and oxygen atoms in total. The molecule has 0 fully saturated rings. The Labute approximate surface area is 150 Å². The second-order valence-corrected chi connectivity index (χ2v) is 8.53. The average Bonchev–Trinajstić information content (AvgIpc) is 2.99. The van der Waals surface area contributed by atoms with Gasteiger partial charge in [-0.05, 0) is 49.2 Å². The Morgan fingerprint density at radius 2 is 1.83 bits per heavy atom. The topological polar surface area (TPSA) is 72.5 Å². The number of hydrogen-bond acceptors (Lipinski definition) is 5. The molecular formula is C16H18ClNO4S2. The highest BCUT2D eigenvalue weighted by Crippen LogP contribution is 2.19. The Morgan fingerprint density at radius 3 is 2.50 bits per heavy atom. The van der Waals surface area contributed by atoms with Gasteiger partial charge in [-0.1, -0.05) is 11.6 Å². The van der Waals surface area contributed by atoms with Gasteiger partial charge in [0.1, 0.15) is 0 Å². The number of thiophene rings is 1. The molecule has 1 aromatic carbocycles. The first-order valence-electron chi connectivity index (χ1n) is 7.30. The summed E-state index contributed by atoms with van der Waals surface area (Å²) in [5.41, 5.74) is 0. The van der Waals surface area contributed by atoms with Crippen molar-refractivity contribution in [1.82, 2.24) is 4.72 Å². The van der Waals surface area contributed by atoms with E-state index in [-0.39, 0.29) is 17.3 Å². The summed E-state index contributed by atoms with van der Waals surface area (Å²) >= 11 is 7.30. The summed E-state index contributed by atoms with van der Waals surface area (Å²) in [6.07, 6.45) is 1.68. The number of sulfonamides is 1. The summed E-state index contributed by atoms with van der Waals surface area (Å²) < 4.78 is 31.4. The van der Waals surface area contributed by atoms with Crippen LogP contribution in [0.2, 0.25) is 5.02 Å². The zero-order valence-corrected chi connectivity index (χ0v) is 15.5. The molecule has 0 spiro atoms. The summed E-state index contributed by atoms with van der Waals surface area (Å²) in [6.45, 7) is 0.342. The number of rotatable bonds is 8. The maximum atomic E-state index is 12.1. The Kier molecular flexibility index (Phi) is 6.79. The van der Waals surface area contributed by atoms with Gasteiger partial charge in [-0.3, -0.25) is 4.79 Å². The zero-order chi connectivity index (χ0) is 17.6. The van der Waals surface area contributed by atoms with Gasteiger partial charge in [0.15, 0.2) is 0 Å². The minimum atomic E-state index is -3.51. The van der Waals surface area contributed by atoms with Crippen molar-refractivity contribution in [3.8, 4) is 0 Å². The first kappa shape index (κ1) is 18.9. The van der Waals surface area contributed by atoms with E-state index in [1.54, 1.807) is 12.1 Å². The second kappa shape index (κ2) is 8.62. The number of ether oxygens (including phenoxy) is 1. The van der Waals surface area contributed by atoms with E-state index >= 15 is 0 Å². The Morgan fingerprint density at radius 1 is 1.17 bits per heavy atom. The molecule has 1 heterocycles. The number of methoxy groups -OCH3 is 1. The van der Waals surface area contributed by atoms with Crippen molar-refractivity contribution in [2.45, 2.75) is 24.2 Å². The van der Waals surface area contributed by atoms with E-state index in [1.165, 1.54) is 30.6 Å². The smallest absolute Gasteiger partial charge is 0.310 e. The molecule has 0 amide bonds. The zero-order valence-electron chi connectivity index (χ0n) is 13.1. The highest BCUT2D eigenvalue weighted by atomic mass is 35.5. The highest BCUT2D eigenvalue weighted by molar-refractivity contribution is 7.89. The number of esters is 1. The van der Waals surface area contributed by atoms with Crippen molar-refractivity contribution < 1.29 is 17.9 Å². The minimum absolute atomic E-state index is 0.198. The quantitative estimate of drug-likeness (QED) is 0.558. The van der Waals surface area contributed by atoms with Gasteiger partial charge in [0.2, 0.25) is 10.0 Å². The number of carbonyl (C=O) groups is 1. The van der Waals surface area contributed by atoms with Crippen molar-refractivity contribution in [1.29, 1.82) is 0 Å². The first-order chi connectivity index (χ1) is 11.4. The molecule has 0 unspecified atom stereocenters. The number of aryl methyl sites for hydroxylation is 1. The third kappa shape index (κ3) is 5.59. The predicted octanol–water partition coefficient (Wildman–Crippen LogP) is 3.03. The Bertz CT molecular complexity index is 785. The molecule has 0 aliphatic heterocycles. The van der Waals surface area contributed by atoms with Gasteiger partial charge in [-0.15, -0.1) is 11.3 Å². The number of halogens is 1. The fourth-order valence-corrected chi connectivity index (χ4v) is 4.28. The summed E-state index contributed by atoms with van der Waals surface area (Å²) in [6, 6.07) is 9.90. The number of nitrogens with one attached hydrogen (secondary N) is 1. The van der Waals surface area contributed by atoms with Crippen LogP contribution in [-0.4, -0.2) is 28.0 Å². The summed E-state index contributed by atoms with van der Waals surface area (Å²) in [7, 11) is -2.15. The molecule has 0 saturated heterocycles. The van der Waals surface area contributed by atoms with Gasteiger partial charge < -0.3 is 4.74 Å². The lowest BCUT2D eigenvalue weighted by Crippen LogP contribution is -2.25. The SMILES string of the molecule is COC(=O)Cc1ccc(CCCNS(=O)(=O)c2ccc(Cl)cc2)s1. The Balaban J connectivity index is 1.80. The third-order valence-electron chi connectivity index (χ3n) is 3.28. The van der Waals surface area contributed by atoms with Crippen molar-refractivity contribution in [3.05, 3.63) is 51.2 Å². The van der Waals surface area contributed by atoms with Crippen LogP contribution in [0, 0.1) is 0 Å². The molecule has 1 aromatic heterocycles. The number of hydrogen-bond donors (Lipinski definition) is 1. The molecule has 0 aliphatic rings. The van der Waals surface area contributed by atoms with Gasteiger partial charge >= 0.3 is 5.97 Å². The third-order valence-corrected chi connectivity index (χ3v) is 6.15. The summed E-state index contributed by atoms with van der Waals surface area (Å²) in [5.74, 6) is -0.265. The molecule has 0 atom stereocenters. The largest absolute Gasteiger partial charge is 0.469 e. The Hall–Kier alpha value is -1.41. The highest BCUT2D eigenvalue weighted by Gasteiger charge is 2.13. The van der Waals surface area contributed by atoms with Crippen LogP contribution in [0.4, 0.5) is 0 Å². The molecule has 24 heavy (non-hydrogen) atoms. The molecule has 0 aliphatic carbocycles. The fraction of sp³-hybridized carbons (Fsp3) is 0.312. The lowest BCUT2D eigenvalue weighted by Gasteiger charge is -2.06. The average molecular weight is 388 g/mol. The molecule has 2 rings (SSSR count). The van der Waals surface area contributed by atoms with Crippen LogP contribution in [0.25, 0.3) is 0 Å². The van der Waals surface area contributed by atoms with Crippen LogP contribution in [0.3, 0.4) is 0 Å². The van der Waals surface area contributed by atoms with Gasteiger partial charge in [0.25, 0.3) is 0 Å². The molecular weight excluding hydrogens is 370 g/mol. The lowest BCUT2D eigenvalue weighted by atomic mass is 10.2. The van der Waals surface area contributed by atoms with Crippen LogP contribution < -0.4 is 4.72 Å². The van der Waals surface area contributed by atoms with E-state index < -0.39 is 10.0 Å². The molecule has 1 N–H and O–H groups in total. The van der Waals surface area contributed by atoms with E-state index in [4.69, 9.17) is 11.6 Å². The molecule has 0 saturated carbocycles. The first-order valence-corrected chi connectivity index (χ1v) is 9.98. The summed E-state index contributed by atoms with van der Waals surface area (Å²) in [4.78, 5) is 13.5. The number of benzene rings is 1. The van der Waals surface area contributed by atoms with Crippen LogP contribution in [-0.2, 0) is 32.4 Å². The van der Waals surface area contributed by atoms with Crippen molar-refractivity contribution in [2.24, 2.45) is 0 Å². The van der Waals surface area contributed by atoms with Crippen molar-refractivity contribution in [2.75, 3.05) is 13.7 Å². The minimum Gasteiger partial charge on any atom is -0.469 e. The van der Waals surface area contributed by atoms with E-state index in [0.717, 1.165) is 16.2 Å². The summed E-state index contributed by atoms with van der Waals surface area (Å²) in [5, 5.41) is 0.495. The van der Waals surface area contributed by atoms with E-state index in [1.807, 2.05) is 12.1 Å². The van der Waals surface area contributed by atoms with Gasteiger partial charge in [-0.2, -0.15) is 0 Å². The van der Waals surface area contributed by atoms with Crippen LogP contribution >= 0.6 is 22.9 Å². The van der Waals surface area contributed by atoms with Gasteiger partial charge in [0.05, 0.1) is 18.4 Å². The van der Waals surface area contributed by atoms with Crippen molar-refractivity contribution in [3.63, 3.8) is 0 Å². The van der Waals surface area contributed by atoms with Gasteiger partial charge in [-0.25, -0.2) is 13.1 Å². The molecule has 130 valence electrons.